The van der Waals surface area contributed by atoms with E-state index in [-0.39, 0.29) is 6.42 Å². The van der Waals surface area contributed by atoms with Crippen LogP contribution in [-0.2, 0) is 9.59 Å². The van der Waals surface area contributed by atoms with Gasteiger partial charge in [0.15, 0.2) is 0 Å². The van der Waals surface area contributed by atoms with Gasteiger partial charge in [-0.15, -0.1) is 0 Å². The molecule has 1 N–H and O–H groups in total. The van der Waals surface area contributed by atoms with Crippen molar-refractivity contribution in [1.82, 2.24) is 0 Å². The standard InChI is InChI=1S/C7H12O2.C6H10O/c1-2-3-4-5-6-7(8)9;1-2-3-4-5-6-7/h4-5H,2-3,6H2,1H3,(H,8,9);4-6H,2-3H2,1H3. The van der Waals surface area contributed by atoms with Crippen molar-refractivity contribution in [3.63, 3.8) is 0 Å². The van der Waals surface area contributed by atoms with Gasteiger partial charge >= 0.3 is 5.97 Å². The lowest BCUT2D eigenvalue weighted by molar-refractivity contribution is -0.136. The molecule has 0 aliphatic heterocycles. The number of aliphatic carboxylic acids is 1. The molecule has 0 unspecified atom stereocenters. The maximum atomic E-state index is 9.91. The molecule has 16 heavy (non-hydrogen) atoms. The number of hydrogen-bond acceptors (Lipinski definition) is 2. The van der Waals surface area contributed by atoms with Crippen LogP contribution in [0.15, 0.2) is 24.3 Å². The lowest BCUT2D eigenvalue weighted by Crippen LogP contribution is -1.89. The molecule has 0 aromatic heterocycles. The van der Waals surface area contributed by atoms with E-state index in [9.17, 15) is 9.59 Å². The van der Waals surface area contributed by atoms with Crippen LogP contribution in [0.1, 0.15) is 46.0 Å². The summed E-state index contributed by atoms with van der Waals surface area (Å²) >= 11 is 0. The predicted octanol–water partition coefficient (Wildman–Crippen LogP) is 3.36. The van der Waals surface area contributed by atoms with Crippen molar-refractivity contribution in [3.8, 4) is 0 Å². The van der Waals surface area contributed by atoms with Gasteiger partial charge in [0.05, 0.1) is 6.42 Å². The van der Waals surface area contributed by atoms with Gasteiger partial charge in [-0.2, -0.15) is 0 Å². The Morgan fingerprint density at radius 1 is 1.06 bits per heavy atom. The zero-order valence-electron chi connectivity index (χ0n) is 10.2. The lowest BCUT2D eigenvalue weighted by atomic mass is 10.3. The molecule has 0 saturated carbocycles. The molecule has 0 radical (unpaired) electrons. The molecule has 0 fully saturated rings. The van der Waals surface area contributed by atoms with Gasteiger partial charge < -0.3 is 5.11 Å². The molecule has 0 atom stereocenters. The SMILES string of the molecule is CCCC=CC=O.CCCC=CCC(=O)O. The van der Waals surface area contributed by atoms with E-state index in [1.807, 2.05) is 12.2 Å². The van der Waals surface area contributed by atoms with E-state index in [0.29, 0.717) is 0 Å². The monoisotopic (exact) mass is 226 g/mol. The number of unbranched alkanes of at least 4 members (excludes halogenated alkanes) is 2. The van der Waals surface area contributed by atoms with Crippen LogP contribution >= 0.6 is 0 Å². The van der Waals surface area contributed by atoms with Gasteiger partial charge in [-0.1, -0.05) is 44.9 Å². The van der Waals surface area contributed by atoms with E-state index in [1.54, 1.807) is 6.08 Å². The summed E-state index contributed by atoms with van der Waals surface area (Å²) in [5.41, 5.74) is 0. The molecule has 0 rings (SSSR count). The summed E-state index contributed by atoms with van der Waals surface area (Å²) in [6.45, 7) is 4.14. The topological polar surface area (TPSA) is 54.4 Å². The number of carbonyl (C=O) groups excluding carboxylic acids is 1. The fourth-order valence-electron chi connectivity index (χ4n) is 0.787. The molecule has 0 saturated heterocycles. The molecule has 0 spiro atoms. The maximum absolute atomic E-state index is 9.91. The van der Waals surface area contributed by atoms with E-state index < -0.39 is 5.97 Å². The van der Waals surface area contributed by atoms with Gasteiger partial charge in [0.2, 0.25) is 0 Å². The fourth-order valence-corrected chi connectivity index (χ4v) is 0.787. The molecule has 0 aromatic rings. The molecule has 0 aromatic carbocycles. The van der Waals surface area contributed by atoms with Crippen molar-refractivity contribution in [2.75, 3.05) is 0 Å². The summed E-state index contributed by atoms with van der Waals surface area (Å²) in [5.74, 6) is -0.762. The Morgan fingerprint density at radius 2 is 1.62 bits per heavy atom. The van der Waals surface area contributed by atoms with Crippen molar-refractivity contribution in [1.29, 1.82) is 0 Å². The Hall–Kier alpha value is -1.38. The third kappa shape index (κ3) is 22.9. The highest BCUT2D eigenvalue weighted by Crippen LogP contribution is 1.90. The number of aldehydes is 1. The van der Waals surface area contributed by atoms with Crippen molar-refractivity contribution < 1.29 is 14.7 Å². The second kappa shape index (κ2) is 16.1. The summed E-state index contributed by atoms with van der Waals surface area (Å²) in [7, 11) is 0. The molecular weight excluding hydrogens is 204 g/mol. The number of carboxylic acid groups (broad SMARTS) is 1. The van der Waals surface area contributed by atoms with E-state index in [1.165, 1.54) is 6.08 Å². The fraction of sp³-hybridized carbons (Fsp3) is 0.538. The first-order valence-electron chi connectivity index (χ1n) is 5.66. The van der Waals surface area contributed by atoms with Crippen LogP contribution < -0.4 is 0 Å². The maximum Gasteiger partial charge on any atom is 0.307 e. The van der Waals surface area contributed by atoms with Gasteiger partial charge in [0, 0.05) is 0 Å². The van der Waals surface area contributed by atoms with Gasteiger partial charge in [0.25, 0.3) is 0 Å². The second-order valence-electron chi connectivity index (χ2n) is 3.21. The van der Waals surface area contributed by atoms with E-state index >= 15 is 0 Å². The normalized spacial score (nSPS) is 10.1. The molecule has 0 aliphatic rings. The Morgan fingerprint density at radius 3 is 2.06 bits per heavy atom. The summed E-state index contributed by atoms with van der Waals surface area (Å²) in [4.78, 5) is 19.5. The largest absolute Gasteiger partial charge is 0.481 e. The first-order valence-corrected chi connectivity index (χ1v) is 5.66. The van der Waals surface area contributed by atoms with Crippen molar-refractivity contribution in [2.45, 2.75) is 46.0 Å². The minimum Gasteiger partial charge on any atom is -0.481 e. The second-order valence-corrected chi connectivity index (χ2v) is 3.21. The van der Waals surface area contributed by atoms with Crippen LogP contribution in [0, 0.1) is 0 Å². The highest BCUT2D eigenvalue weighted by atomic mass is 16.4. The highest BCUT2D eigenvalue weighted by Gasteiger charge is 1.86. The molecular formula is C13H22O3. The van der Waals surface area contributed by atoms with Gasteiger partial charge in [-0.05, 0) is 18.9 Å². The molecule has 0 amide bonds. The number of allylic oxidation sites excluding steroid dienone is 3. The quantitative estimate of drug-likeness (QED) is 0.411. The smallest absolute Gasteiger partial charge is 0.307 e. The Balaban J connectivity index is 0. The summed E-state index contributed by atoms with van der Waals surface area (Å²) in [6, 6.07) is 0. The zero-order valence-corrected chi connectivity index (χ0v) is 10.2. The Labute approximate surface area is 97.9 Å². The van der Waals surface area contributed by atoms with E-state index in [4.69, 9.17) is 5.11 Å². The minimum absolute atomic E-state index is 0.153. The molecule has 92 valence electrons. The molecule has 0 bridgehead atoms. The predicted molar refractivity (Wildman–Crippen MR) is 66.4 cm³/mol. The van der Waals surface area contributed by atoms with Crippen molar-refractivity contribution >= 4 is 12.3 Å². The van der Waals surface area contributed by atoms with Gasteiger partial charge in [-0.3, -0.25) is 9.59 Å². The molecule has 3 nitrogen and oxygen atoms in total. The third-order valence-corrected chi connectivity index (χ3v) is 1.58. The van der Waals surface area contributed by atoms with Crippen LogP contribution in [0.5, 0.6) is 0 Å². The first-order chi connectivity index (χ1) is 7.68. The van der Waals surface area contributed by atoms with Gasteiger partial charge in [0.1, 0.15) is 6.29 Å². The number of carbonyl (C=O) groups is 2. The van der Waals surface area contributed by atoms with Crippen molar-refractivity contribution in [2.24, 2.45) is 0 Å². The first kappa shape index (κ1) is 17.0. The zero-order chi connectivity index (χ0) is 12.6. The number of rotatable bonds is 7. The van der Waals surface area contributed by atoms with E-state index in [0.717, 1.165) is 32.0 Å². The molecule has 3 heteroatoms. The average Bonchev–Trinajstić information content (AvgIpc) is 2.26. The van der Waals surface area contributed by atoms with Crippen LogP contribution in [0.3, 0.4) is 0 Å². The van der Waals surface area contributed by atoms with Crippen LogP contribution in [0.2, 0.25) is 0 Å². The minimum atomic E-state index is -0.762. The van der Waals surface area contributed by atoms with Gasteiger partial charge in [-0.25, -0.2) is 0 Å². The summed E-state index contributed by atoms with van der Waals surface area (Å²) in [5, 5.41) is 8.16. The third-order valence-electron chi connectivity index (χ3n) is 1.58. The van der Waals surface area contributed by atoms with Crippen LogP contribution in [0.4, 0.5) is 0 Å². The average molecular weight is 226 g/mol. The lowest BCUT2D eigenvalue weighted by Gasteiger charge is -1.83. The summed E-state index contributed by atoms with van der Waals surface area (Å²) < 4.78 is 0. The van der Waals surface area contributed by atoms with E-state index in [2.05, 4.69) is 13.8 Å². The Kier molecular flexibility index (Phi) is 17.1. The summed E-state index contributed by atoms with van der Waals surface area (Å²) in [6.07, 6.45) is 12.1. The molecule has 0 heterocycles. The van der Waals surface area contributed by atoms with Crippen LogP contribution in [0.25, 0.3) is 0 Å². The molecule has 0 aliphatic carbocycles. The highest BCUT2D eigenvalue weighted by molar-refractivity contribution is 5.68. The number of hydrogen-bond donors (Lipinski definition) is 1. The van der Waals surface area contributed by atoms with Crippen LogP contribution in [-0.4, -0.2) is 17.4 Å². The van der Waals surface area contributed by atoms with Crippen molar-refractivity contribution in [3.05, 3.63) is 24.3 Å². The number of carboxylic acids is 1. The Bertz CT molecular complexity index is 217.